The monoisotopic (exact) mass is 377 g/mol. The van der Waals surface area contributed by atoms with Gasteiger partial charge in [0.15, 0.2) is 5.11 Å². The maximum absolute atomic E-state index is 13.1. The first-order chi connectivity index (χ1) is 13.1. The van der Waals surface area contributed by atoms with Crippen molar-refractivity contribution in [3.63, 3.8) is 0 Å². The normalized spacial score (nSPS) is 22.0. The molecule has 2 unspecified atom stereocenters. The number of amides is 1. The predicted octanol–water partition coefficient (Wildman–Crippen LogP) is 3.07. The van der Waals surface area contributed by atoms with Crippen molar-refractivity contribution in [1.29, 1.82) is 0 Å². The molecule has 2 N–H and O–H groups in total. The quantitative estimate of drug-likeness (QED) is 0.834. The zero-order chi connectivity index (χ0) is 19.0. The number of nitrogens with zero attached hydrogens (tertiary/aromatic N) is 4. The molecule has 0 spiro atoms. The number of anilines is 1. The minimum absolute atomic E-state index is 0.103. The Morgan fingerprint density at radius 3 is 2.33 bits per heavy atom. The average molecular weight is 377 g/mol. The van der Waals surface area contributed by atoms with Gasteiger partial charge >= 0.3 is 0 Å². The molecule has 0 aliphatic carbocycles. The number of hydrogen-bond donors (Lipinski definition) is 1. The van der Waals surface area contributed by atoms with Gasteiger partial charge in [-0.2, -0.15) is 15.2 Å². The lowest BCUT2D eigenvalue weighted by molar-refractivity contribution is -0.118. The molecule has 0 saturated carbocycles. The van der Waals surface area contributed by atoms with E-state index in [-0.39, 0.29) is 17.1 Å². The van der Waals surface area contributed by atoms with Crippen molar-refractivity contribution < 1.29 is 4.79 Å². The highest BCUT2D eigenvalue weighted by Crippen LogP contribution is 2.35. The molecule has 0 fully saturated rings. The van der Waals surface area contributed by atoms with Crippen molar-refractivity contribution in [3.05, 3.63) is 66.2 Å². The van der Waals surface area contributed by atoms with Crippen LogP contribution in [0.25, 0.3) is 0 Å². The zero-order valence-electron chi connectivity index (χ0n) is 14.8. The molecule has 0 bridgehead atoms. The lowest BCUT2D eigenvalue weighted by Crippen LogP contribution is -2.32. The van der Waals surface area contributed by atoms with Crippen molar-refractivity contribution in [1.82, 2.24) is 5.01 Å². The summed E-state index contributed by atoms with van der Waals surface area (Å²) < 4.78 is 0. The maximum Gasteiger partial charge on any atom is 0.262 e. The average Bonchev–Trinajstić information content (AvgIpc) is 3.24. The summed E-state index contributed by atoms with van der Waals surface area (Å²) in [6.45, 7) is 1.86. The molecule has 2 aliphatic rings. The van der Waals surface area contributed by atoms with Crippen LogP contribution < -0.4 is 10.7 Å². The van der Waals surface area contributed by atoms with Gasteiger partial charge in [0.05, 0.1) is 23.2 Å². The van der Waals surface area contributed by atoms with E-state index in [1.54, 1.807) is 5.01 Å². The minimum atomic E-state index is -0.490. The molecule has 0 saturated heterocycles. The lowest BCUT2D eigenvalue weighted by atomic mass is 9.92. The van der Waals surface area contributed by atoms with Gasteiger partial charge in [-0.3, -0.25) is 4.79 Å². The fourth-order valence-electron chi connectivity index (χ4n) is 3.55. The Bertz CT molecular complexity index is 941. The molecule has 0 aromatic heterocycles. The molecule has 27 heavy (non-hydrogen) atoms. The van der Waals surface area contributed by atoms with E-state index in [1.807, 2.05) is 67.6 Å². The highest BCUT2D eigenvalue weighted by atomic mass is 32.1. The van der Waals surface area contributed by atoms with Crippen molar-refractivity contribution in [2.24, 2.45) is 21.9 Å². The summed E-state index contributed by atoms with van der Waals surface area (Å²) in [6.07, 6.45) is 0.577. The van der Waals surface area contributed by atoms with Crippen LogP contribution in [-0.4, -0.2) is 27.5 Å². The Morgan fingerprint density at radius 2 is 1.70 bits per heavy atom. The van der Waals surface area contributed by atoms with Gasteiger partial charge in [0.1, 0.15) is 5.92 Å². The summed E-state index contributed by atoms with van der Waals surface area (Å²) in [5.41, 5.74) is 9.16. The Morgan fingerprint density at radius 1 is 1.07 bits per heavy atom. The number of benzene rings is 2. The van der Waals surface area contributed by atoms with E-state index in [1.165, 1.54) is 5.01 Å². The van der Waals surface area contributed by atoms with Crippen LogP contribution in [0.15, 0.2) is 70.9 Å². The third-order valence-electron chi connectivity index (χ3n) is 4.81. The van der Waals surface area contributed by atoms with Crippen LogP contribution >= 0.6 is 12.2 Å². The Hall–Kier alpha value is -3.06. The topological polar surface area (TPSA) is 74.3 Å². The van der Waals surface area contributed by atoms with E-state index < -0.39 is 5.92 Å². The van der Waals surface area contributed by atoms with Gasteiger partial charge in [0.2, 0.25) is 0 Å². The molecule has 7 heteroatoms. The fourth-order valence-corrected chi connectivity index (χ4v) is 3.72. The highest BCUT2D eigenvalue weighted by molar-refractivity contribution is 7.80. The van der Waals surface area contributed by atoms with Crippen LogP contribution in [0.2, 0.25) is 0 Å². The fraction of sp³-hybridized carbons (Fsp3) is 0.200. The molecule has 2 aromatic rings. The minimum Gasteiger partial charge on any atom is -0.375 e. The molecule has 136 valence electrons. The Kier molecular flexibility index (Phi) is 4.45. The van der Waals surface area contributed by atoms with E-state index in [9.17, 15) is 4.79 Å². The number of thiocarbonyl (C=S) groups is 1. The summed E-state index contributed by atoms with van der Waals surface area (Å²) >= 11 is 5.19. The zero-order valence-corrected chi connectivity index (χ0v) is 15.6. The van der Waals surface area contributed by atoms with Gasteiger partial charge in [-0.1, -0.05) is 48.5 Å². The third-order valence-corrected chi connectivity index (χ3v) is 5.00. The molecule has 6 nitrogen and oxygen atoms in total. The van der Waals surface area contributed by atoms with Crippen LogP contribution in [0.1, 0.15) is 24.9 Å². The molecule has 2 aromatic carbocycles. The van der Waals surface area contributed by atoms with E-state index >= 15 is 0 Å². The van der Waals surface area contributed by atoms with E-state index in [0.29, 0.717) is 6.42 Å². The molecule has 2 atom stereocenters. The number of carbonyl (C=O) groups is 1. The lowest BCUT2D eigenvalue weighted by Gasteiger charge is -2.21. The largest absolute Gasteiger partial charge is 0.375 e. The number of hydrazone groups is 2. The molecule has 0 radical (unpaired) electrons. The molecular formula is C20H19N5OS. The Labute approximate surface area is 163 Å². The van der Waals surface area contributed by atoms with Gasteiger partial charge in [-0.05, 0) is 36.8 Å². The Balaban J connectivity index is 1.64. The van der Waals surface area contributed by atoms with Gasteiger partial charge in [-0.25, -0.2) is 5.01 Å². The number of para-hydroxylation sites is 1. The number of rotatable bonds is 3. The van der Waals surface area contributed by atoms with Gasteiger partial charge in [0.25, 0.3) is 5.91 Å². The summed E-state index contributed by atoms with van der Waals surface area (Å²) in [5.74, 6) is -0.593. The second kappa shape index (κ2) is 6.92. The SMILES string of the molecule is CC1=NN(c2ccccc2)C(=O)C1C1=NN(C(N)=S)C(c2ccccc2)C1. The van der Waals surface area contributed by atoms with Crippen molar-refractivity contribution in [2.75, 3.05) is 5.01 Å². The summed E-state index contributed by atoms with van der Waals surface area (Å²) in [5, 5.41) is 12.4. The molecule has 2 aliphatic heterocycles. The number of nitrogens with two attached hydrogens (primary N) is 1. The first kappa shape index (κ1) is 17.4. The van der Waals surface area contributed by atoms with Crippen molar-refractivity contribution in [3.8, 4) is 0 Å². The van der Waals surface area contributed by atoms with Crippen molar-refractivity contribution >= 4 is 40.3 Å². The second-order valence-corrected chi connectivity index (χ2v) is 6.98. The number of hydrogen-bond acceptors (Lipinski definition) is 4. The van der Waals surface area contributed by atoms with Crippen LogP contribution in [0, 0.1) is 5.92 Å². The summed E-state index contributed by atoms with van der Waals surface area (Å²) in [4.78, 5) is 13.1. The van der Waals surface area contributed by atoms with Gasteiger partial charge in [0, 0.05) is 6.42 Å². The summed E-state index contributed by atoms with van der Waals surface area (Å²) in [7, 11) is 0. The molecule has 2 heterocycles. The maximum atomic E-state index is 13.1. The second-order valence-electron chi connectivity index (χ2n) is 6.56. The van der Waals surface area contributed by atoms with Crippen LogP contribution in [0.4, 0.5) is 5.69 Å². The van der Waals surface area contributed by atoms with E-state index in [0.717, 1.165) is 22.7 Å². The van der Waals surface area contributed by atoms with Crippen LogP contribution in [0.3, 0.4) is 0 Å². The van der Waals surface area contributed by atoms with Gasteiger partial charge < -0.3 is 5.73 Å². The summed E-state index contributed by atoms with van der Waals surface area (Å²) in [6, 6.07) is 19.2. The molecular weight excluding hydrogens is 358 g/mol. The molecule has 4 rings (SSSR count). The standard InChI is InChI=1S/C20H19N5OS/c1-13-18(19(26)24(22-13)15-10-6-3-7-11-15)16-12-17(25(23-16)20(21)27)14-8-4-2-5-9-14/h2-11,17-18H,12H2,1H3,(H2,21,27). The van der Waals surface area contributed by atoms with Crippen LogP contribution in [-0.2, 0) is 4.79 Å². The predicted molar refractivity (Wildman–Crippen MR) is 110 cm³/mol. The third kappa shape index (κ3) is 3.10. The van der Waals surface area contributed by atoms with Crippen LogP contribution in [0.5, 0.6) is 0 Å². The van der Waals surface area contributed by atoms with Gasteiger partial charge in [-0.15, -0.1) is 0 Å². The first-order valence-corrected chi connectivity index (χ1v) is 9.12. The van der Waals surface area contributed by atoms with E-state index in [2.05, 4.69) is 10.2 Å². The van der Waals surface area contributed by atoms with Crippen molar-refractivity contribution in [2.45, 2.75) is 19.4 Å². The highest BCUT2D eigenvalue weighted by Gasteiger charge is 2.42. The molecule has 1 amide bonds. The first-order valence-electron chi connectivity index (χ1n) is 8.71. The van der Waals surface area contributed by atoms with E-state index in [4.69, 9.17) is 18.0 Å². The number of carbonyl (C=O) groups excluding carboxylic acids is 1. The smallest absolute Gasteiger partial charge is 0.262 e.